The summed E-state index contributed by atoms with van der Waals surface area (Å²) in [4.78, 5) is 10.3. The Morgan fingerprint density at radius 1 is 1.06 bits per heavy atom. The Kier molecular flexibility index (Phi) is 6.15. The highest BCUT2D eigenvalue weighted by Gasteiger charge is 1.99. The number of carbonyl (C=O) groups is 1. The number of nitrogens with one attached hydrogen (secondary N) is 1. The number of hydrogen-bond donors (Lipinski definition) is 1. The molecule has 17 heavy (non-hydrogen) atoms. The van der Waals surface area contributed by atoms with Crippen molar-refractivity contribution in [3.63, 3.8) is 0 Å². The van der Waals surface area contributed by atoms with Crippen LogP contribution in [-0.4, -0.2) is 6.09 Å². The van der Waals surface area contributed by atoms with E-state index < -0.39 is 6.09 Å². The fourth-order valence-corrected chi connectivity index (χ4v) is 1.81. The first-order chi connectivity index (χ1) is 8.22. The van der Waals surface area contributed by atoms with E-state index >= 15 is 0 Å². The maximum Gasteiger partial charge on any atom is 0.454 e. The van der Waals surface area contributed by atoms with Crippen molar-refractivity contribution >= 4 is 11.8 Å². The van der Waals surface area contributed by atoms with Gasteiger partial charge in [0.2, 0.25) is 0 Å². The molecule has 0 heterocycles. The number of hydrogen-bond acceptors (Lipinski definition) is 1. The molecule has 0 bridgehead atoms. The molecular weight excluding hydrogens is 214 g/mol. The quantitative estimate of drug-likeness (QED) is 0.707. The summed E-state index contributed by atoms with van der Waals surface area (Å²) in [5.74, 6) is 0. The highest BCUT2D eigenvalue weighted by molar-refractivity contribution is 5.82. The summed E-state index contributed by atoms with van der Waals surface area (Å²) in [6, 6.07) is 7.48. The van der Waals surface area contributed by atoms with Crippen LogP contribution in [-0.2, 0) is 11.5 Å². The van der Waals surface area contributed by atoms with Gasteiger partial charge in [-0.1, -0.05) is 44.7 Å². The summed E-state index contributed by atoms with van der Waals surface area (Å²) in [5.41, 5.74) is 1.82. The highest BCUT2D eigenvalue weighted by Crippen LogP contribution is 2.13. The van der Waals surface area contributed by atoms with Crippen molar-refractivity contribution in [2.75, 3.05) is 5.32 Å². The SMILES string of the molecule is CCCCCCCc1ccc(NC([O])=O)cc1. The summed E-state index contributed by atoms with van der Waals surface area (Å²) in [6.07, 6.45) is 6.16. The van der Waals surface area contributed by atoms with Gasteiger partial charge in [-0.25, -0.2) is 9.90 Å². The Bertz CT molecular complexity index is 333. The zero-order valence-electron chi connectivity index (χ0n) is 10.4. The Balaban J connectivity index is 2.28. The summed E-state index contributed by atoms with van der Waals surface area (Å²) >= 11 is 0. The molecule has 1 N–H and O–H groups in total. The first kappa shape index (κ1) is 13.6. The van der Waals surface area contributed by atoms with Crippen molar-refractivity contribution in [2.45, 2.75) is 45.4 Å². The van der Waals surface area contributed by atoms with Crippen molar-refractivity contribution in [3.05, 3.63) is 29.8 Å². The second-order valence-corrected chi connectivity index (χ2v) is 4.27. The number of rotatable bonds is 7. The molecule has 1 amide bonds. The van der Waals surface area contributed by atoms with E-state index in [9.17, 15) is 9.90 Å². The van der Waals surface area contributed by atoms with E-state index in [4.69, 9.17) is 0 Å². The first-order valence-electron chi connectivity index (χ1n) is 6.29. The lowest BCUT2D eigenvalue weighted by Crippen LogP contribution is -2.05. The molecule has 0 aliphatic rings. The Hall–Kier alpha value is -1.51. The highest BCUT2D eigenvalue weighted by atomic mass is 16.4. The largest absolute Gasteiger partial charge is 0.454 e. The molecular formula is C14H20NO2. The topological polar surface area (TPSA) is 49.0 Å². The maximum absolute atomic E-state index is 10.3. The second kappa shape index (κ2) is 7.71. The number of unbranched alkanes of at least 4 members (excludes halogenated alkanes) is 4. The molecule has 1 aromatic rings. The van der Waals surface area contributed by atoms with Crippen molar-refractivity contribution in [1.29, 1.82) is 0 Å². The molecule has 3 nitrogen and oxygen atoms in total. The zero-order chi connectivity index (χ0) is 12.5. The first-order valence-corrected chi connectivity index (χ1v) is 6.29. The van der Waals surface area contributed by atoms with E-state index in [1.165, 1.54) is 37.7 Å². The summed E-state index contributed by atoms with van der Waals surface area (Å²) in [6.45, 7) is 2.21. The molecule has 0 spiro atoms. The molecule has 0 saturated carbocycles. The molecule has 93 valence electrons. The third kappa shape index (κ3) is 5.95. The van der Waals surface area contributed by atoms with Crippen LogP contribution in [0, 0.1) is 0 Å². The second-order valence-electron chi connectivity index (χ2n) is 4.27. The minimum absolute atomic E-state index is 0.569. The lowest BCUT2D eigenvalue weighted by molar-refractivity contribution is 0.185. The van der Waals surface area contributed by atoms with Crippen LogP contribution >= 0.6 is 0 Å². The molecule has 0 saturated heterocycles. The average Bonchev–Trinajstić information content (AvgIpc) is 2.30. The smallest absolute Gasteiger partial charge is 0.288 e. The van der Waals surface area contributed by atoms with Gasteiger partial charge in [0.05, 0.1) is 0 Å². The zero-order valence-corrected chi connectivity index (χ0v) is 10.4. The standard InChI is InChI=1S/C14H20NO2/c1-2-3-4-5-6-7-12-8-10-13(11-9-12)15-14(16)17/h8-11,15H,2-7H2,1H3. The van der Waals surface area contributed by atoms with Crippen LogP contribution in [0.1, 0.15) is 44.6 Å². The molecule has 3 heteroatoms. The molecule has 0 aromatic heterocycles. The van der Waals surface area contributed by atoms with E-state index in [-0.39, 0.29) is 0 Å². The third-order valence-corrected chi connectivity index (χ3v) is 2.77. The van der Waals surface area contributed by atoms with Gasteiger partial charge in [0.1, 0.15) is 0 Å². The average molecular weight is 234 g/mol. The van der Waals surface area contributed by atoms with Crippen LogP contribution in [0.5, 0.6) is 0 Å². The number of carbonyl (C=O) groups excluding carboxylic acids is 1. The molecule has 1 rings (SSSR count). The van der Waals surface area contributed by atoms with Gasteiger partial charge in [0.25, 0.3) is 0 Å². The molecule has 1 radical (unpaired) electrons. The number of anilines is 1. The molecule has 0 atom stereocenters. The van der Waals surface area contributed by atoms with Crippen LogP contribution in [0.25, 0.3) is 0 Å². The van der Waals surface area contributed by atoms with E-state index in [0.717, 1.165) is 6.42 Å². The molecule has 0 aliphatic heterocycles. The lowest BCUT2D eigenvalue weighted by atomic mass is 10.1. The Morgan fingerprint density at radius 3 is 2.29 bits per heavy atom. The fourth-order valence-electron chi connectivity index (χ4n) is 1.81. The monoisotopic (exact) mass is 234 g/mol. The van der Waals surface area contributed by atoms with Crippen molar-refractivity contribution in [3.8, 4) is 0 Å². The van der Waals surface area contributed by atoms with Crippen LogP contribution in [0.4, 0.5) is 10.5 Å². The van der Waals surface area contributed by atoms with E-state index in [1.54, 1.807) is 12.1 Å². The summed E-state index contributed by atoms with van der Waals surface area (Å²) < 4.78 is 0. The third-order valence-electron chi connectivity index (χ3n) is 2.77. The molecule has 0 unspecified atom stereocenters. The minimum atomic E-state index is -1.27. The van der Waals surface area contributed by atoms with Gasteiger partial charge in [-0.2, -0.15) is 0 Å². The predicted molar refractivity (Wildman–Crippen MR) is 68.6 cm³/mol. The molecule has 0 aliphatic carbocycles. The summed E-state index contributed by atoms with van der Waals surface area (Å²) in [5, 5.41) is 12.5. The predicted octanol–water partition coefficient (Wildman–Crippen LogP) is 4.16. The normalized spacial score (nSPS) is 10.2. The number of aryl methyl sites for hydroxylation is 1. The van der Waals surface area contributed by atoms with Gasteiger partial charge in [-0.15, -0.1) is 0 Å². The Morgan fingerprint density at radius 2 is 1.71 bits per heavy atom. The van der Waals surface area contributed by atoms with Crippen molar-refractivity contribution < 1.29 is 9.90 Å². The minimum Gasteiger partial charge on any atom is -0.288 e. The van der Waals surface area contributed by atoms with E-state index in [0.29, 0.717) is 5.69 Å². The van der Waals surface area contributed by atoms with Gasteiger partial charge in [-0.3, -0.25) is 5.32 Å². The van der Waals surface area contributed by atoms with E-state index in [1.807, 2.05) is 12.1 Å². The Labute approximate surface area is 103 Å². The van der Waals surface area contributed by atoms with E-state index in [2.05, 4.69) is 12.2 Å². The van der Waals surface area contributed by atoms with Gasteiger partial charge in [-0.05, 0) is 30.5 Å². The molecule has 0 fully saturated rings. The van der Waals surface area contributed by atoms with Gasteiger partial charge >= 0.3 is 6.09 Å². The lowest BCUT2D eigenvalue weighted by Gasteiger charge is -2.03. The number of benzene rings is 1. The summed E-state index contributed by atoms with van der Waals surface area (Å²) in [7, 11) is 0. The van der Waals surface area contributed by atoms with Crippen LogP contribution in [0.15, 0.2) is 24.3 Å². The fraction of sp³-hybridized carbons (Fsp3) is 0.500. The van der Waals surface area contributed by atoms with Crippen LogP contribution in [0.2, 0.25) is 0 Å². The molecule has 1 aromatic carbocycles. The van der Waals surface area contributed by atoms with Crippen LogP contribution < -0.4 is 5.32 Å². The maximum atomic E-state index is 10.3. The van der Waals surface area contributed by atoms with Gasteiger partial charge in [0.15, 0.2) is 0 Å². The number of amides is 1. The van der Waals surface area contributed by atoms with Gasteiger partial charge in [0, 0.05) is 5.69 Å². The van der Waals surface area contributed by atoms with Crippen molar-refractivity contribution in [2.24, 2.45) is 0 Å². The van der Waals surface area contributed by atoms with Gasteiger partial charge < -0.3 is 0 Å². The van der Waals surface area contributed by atoms with Crippen molar-refractivity contribution in [1.82, 2.24) is 0 Å². The van der Waals surface area contributed by atoms with Crippen LogP contribution in [0.3, 0.4) is 0 Å².